The summed E-state index contributed by atoms with van der Waals surface area (Å²) in [5, 5.41) is 10.6. The zero-order valence-electron chi connectivity index (χ0n) is 63.5. The van der Waals surface area contributed by atoms with Crippen LogP contribution >= 0.6 is 15.6 Å². The molecule has 0 rings (SSSR count). The highest BCUT2D eigenvalue weighted by Gasteiger charge is 2.30. The van der Waals surface area contributed by atoms with Crippen LogP contribution in [0.3, 0.4) is 0 Å². The minimum absolute atomic E-state index is 0.107. The molecule has 97 heavy (non-hydrogen) atoms. The molecule has 0 aliphatic carbocycles. The Kier molecular flexibility index (Phi) is 67.1. The van der Waals surface area contributed by atoms with Gasteiger partial charge in [-0.25, -0.2) is 9.13 Å². The number of aliphatic hydroxyl groups excluding tert-OH is 1. The second kappa shape index (κ2) is 68.5. The van der Waals surface area contributed by atoms with Crippen molar-refractivity contribution >= 4 is 39.5 Å². The Hall–Kier alpha value is -1.94. The van der Waals surface area contributed by atoms with E-state index < -0.39 is 97.5 Å². The first-order valence-corrected chi connectivity index (χ1v) is 43.4. The van der Waals surface area contributed by atoms with Crippen molar-refractivity contribution in [2.24, 2.45) is 17.8 Å². The van der Waals surface area contributed by atoms with Crippen LogP contribution in [0, 0.1) is 17.8 Å². The molecule has 3 unspecified atom stereocenters. The van der Waals surface area contributed by atoms with E-state index in [2.05, 4.69) is 48.5 Å². The van der Waals surface area contributed by atoms with Gasteiger partial charge in [0.05, 0.1) is 26.4 Å². The lowest BCUT2D eigenvalue weighted by Gasteiger charge is -2.21. The van der Waals surface area contributed by atoms with Gasteiger partial charge in [-0.3, -0.25) is 37.3 Å². The standard InChI is InChI=1S/C78H152O17P2/c1-8-10-11-12-13-14-15-20-24-31-40-47-54-61-77(82)95-74(66-89-76(81)60-53-46-39-34-33-37-44-51-58-71(7)9-2)68-93-97(86,87)91-64-72(79)63-90-96(84,85)92-67-73(65-88-75(80)59-52-45-38-30-27-26-29-36-43-50-57-70(5)6)94-78(83)62-55-48-41-32-25-22-19-17-16-18-21-23-28-35-42-49-56-69(3)4/h69-74,79H,8-68H2,1-7H3,(H,84,85)(H,86,87)/t71?,72-,73-,74-/m1/s1. The van der Waals surface area contributed by atoms with Crippen LogP contribution in [0.25, 0.3) is 0 Å². The van der Waals surface area contributed by atoms with Crippen LogP contribution in [-0.4, -0.2) is 96.7 Å². The number of unbranched alkanes of at least 4 members (excludes halogenated alkanes) is 43. The van der Waals surface area contributed by atoms with Crippen molar-refractivity contribution in [2.45, 2.75) is 420 Å². The Bertz CT molecular complexity index is 1890. The van der Waals surface area contributed by atoms with Crippen LogP contribution in [0.4, 0.5) is 0 Å². The molecule has 0 aromatic rings. The molecule has 0 aromatic heterocycles. The Balaban J connectivity index is 5.25. The van der Waals surface area contributed by atoms with Crippen molar-refractivity contribution in [1.82, 2.24) is 0 Å². The molecule has 0 amide bonds. The van der Waals surface area contributed by atoms with Crippen molar-refractivity contribution in [3.8, 4) is 0 Å². The molecule has 0 spiro atoms. The zero-order valence-corrected chi connectivity index (χ0v) is 65.3. The molecule has 0 aliphatic rings. The number of rotatable bonds is 76. The van der Waals surface area contributed by atoms with E-state index in [1.165, 1.54) is 212 Å². The molecule has 0 aromatic carbocycles. The first-order valence-electron chi connectivity index (χ1n) is 40.4. The smallest absolute Gasteiger partial charge is 0.462 e. The minimum Gasteiger partial charge on any atom is -0.462 e. The third-order valence-electron chi connectivity index (χ3n) is 18.5. The third-order valence-corrected chi connectivity index (χ3v) is 20.4. The van der Waals surface area contributed by atoms with Crippen LogP contribution in [0.5, 0.6) is 0 Å². The van der Waals surface area contributed by atoms with Gasteiger partial charge >= 0.3 is 39.5 Å². The van der Waals surface area contributed by atoms with Crippen LogP contribution < -0.4 is 0 Å². The van der Waals surface area contributed by atoms with Crippen LogP contribution in [0.2, 0.25) is 0 Å². The number of phosphoric acid groups is 2. The summed E-state index contributed by atoms with van der Waals surface area (Å²) in [6, 6.07) is 0. The Morgan fingerprint density at radius 2 is 0.526 bits per heavy atom. The van der Waals surface area contributed by atoms with Crippen molar-refractivity contribution in [3.63, 3.8) is 0 Å². The largest absolute Gasteiger partial charge is 0.472 e. The molecular formula is C78H152O17P2. The topological polar surface area (TPSA) is 237 Å². The average Bonchev–Trinajstić information content (AvgIpc) is 1.55. The van der Waals surface area contributed by atoms with Crippen LogP contribution in [-0.2, 0) is 65.4 Å². The molecule has 576 valence electrons. The molecule has 0 heterocycles. The molecule has 19 heteroatoms. The first kappa shape index (κ1) is 95.1. The lowest BCUT2D eigenvalue weighted by molar-refractivity contribution is -0.161. The molecule has 0 saturated heterocycles. The Morgan fingerprint density at radius 3 is 0.784 bits per heavy atom. The second-order valence-electron chi connectivity index (χ2n) is 29.3. The normalized spacial score (nSPS) is 14.3. The van der Waals surface area contributed by atoms with E-state index in [1.807, 2.05) is 0 Å². The summed E-state index contributed by atoms with van der Waals surface area (Å²) in [7, 11) is -9.92. The fraction of sp³-hybridized carbons (Fsp3) is 0.949. The predicted octanol–water partition coefficient (Wildman–Crippen LogP) is 23.0. The summed E-state index contributed by atoms with van der Waals surface area (Å²) in [6.07, 6.45) is 55.3. The maximum absolute atomic E-state index is 13.1. The zero-order chi connectivity index (χ0) is 71.6. The van der Waals surface area contributed by atoms with E-state index in [0.717, 1.165) is 108 Å². The van der Waals surface area contributed by atoms with E-state index in [-0.39, 0.29) is 25.7 Å². The molecule has 0 bridgehead atoms. The van der Waals surface area contributed by atoms with Gasteiger partial charge in [-0.2, -0.15) is 0 Å². The lowest BCUT2D eigenvalue weighted by Crippen LogP contribution is -2.30. The number of hydrogen-bond donors (Lipinski definition) is 3. The lowest BCUT2D eigenvalue weighted by atomic mass is 9.99. The second-order valence-corrected chi connectivity index (χ2v) is 32.2. The fourth-order valence-electron chi connectivity index (χ4n) is 11.9. The van der Waals surface area contributed by atoms with Gasteiger partial charge in [0.1, 0.15) is 19.3 Å². The number of phosphoric ester groups is 2. The number of carbonyl (C=O) groups excluding carboxylic acids is 4. The highest BCUT2D eigenvalue weighted by Crippen LogP contribution is 2.45. The van der Waals surface area contributed by atoms with E-state index in [1.54, 1.807) is 0 Å². The Morgan fingerprint density at radius 1 is 0.299 bits per heavy atom. The van der Waals surface area contributed by atoms with E-state index in [9.17, 15) is 43.2 Å². The van der Waals surface area contributed by atoms with Crippen molar-refractivity contribution < 1.29 is 80.2 Å². The summed E-state index contributed by atoms with van der Waals surface area (Å²) < 4.78 is 68.6. The van der Waals surface area contributed by atoms with Gasteiger partial charge in [-0.1, -0.05) is 350 Å². The summed E-state index contributed by atoms with van der Waals surface area (Å²) in [5.41, 5.74) is 0. The maximum atomic E-state index is 13.1. The quantitative estimate of drug-likeness (QED) is 0.0222. The highest BCUT2D eigenvalue weighted by atomic mass is 31.2. The van der Waals surface area contributed by atoms with E-state index in [4.69, 9.17) is 37.0 Å². The number of esters is 4. The highest BCUT2D eigenvalue weighted by molar-refractivity contribution is 7.47. The van der Waals surface area contributed by atoms with Gasteiger partial charge in [0.15, 0.2) is 12.2 Å². The maximum Gasteiger partial charge on any atom is 0.472 e. The summed E-state index contributed by atoms with van der Waals surface area (Å²) in [5.74, 6) is 0.232. The summed E-state index contributed by atoms with van der Waals surface area (Å²) in [6.45, 7) is 11.9. The van der Waals surface area contributed by atoms with Crippen molar-refractivity contribution in [1.29, 1.82) is 0 Å². The van der Waals surface area contributed by atoms with Gasteiger partial charge in [0.2, 0.25) is 0 Å². The number of aliphatic hydroxyl groups is 1. The molecule has 0 radical (unpaired) electrons. The molecule has 0 aliphatic heterocycles. The number of carbonyl (C=O) groups is 4. The average molecular weight is 1420 g/mol. The first-order chi connectivity index (χ1) is 46.8. The summed E-state index contributed by atoms with van der Waals surface area (Å²) in [4.78, 5) is 72.9. The predicted molar refractivity (Wildman–Crippen MR) is 395 cm³/mol. The number of ether oxygens (including phenoxy) is 4. The molecule has 3 N–H and O–H groups in total. The van der Waals surface area contributed by atoms with Gasteiger partial charge in [0.25, 0.3) is 0 Å². The van der Waals surface area contributed by atoms with E-state index in [0.29, 0.717) is 25.7 Å². The van der Waals surface area contributed by atoms with Gasteiger partial charge < -0.3 is 33.8 Å². The van der Waals surface area contributed by atoms with Gasteiger partial charge in [-0.15, -0.1) is 0 Å². The number of hydrogen-bond acceptors (Lipinski definition) is 15. The van der Waals surface area contributed by atoms with Crippen LogP contribution in [0.15, 0.2) is 0 Å². The van der Waals surface area contributed by atoms with E-state index >= 15 is 0 Å². The van der Waals surface area contributed by atoms with Gasteiger partial charge in [0, 0.05) is 25.7 Å². The molecular weight excluding hydrogens is 1270 g/mol. The third kappa shape index (κ3) is 70.9. The monoisotopic (exact) mass is 1420 g/mol. The SMILES string of the molecule is CCCCCCCCCCCCCCCC(=O)O[C@H](COC(=O)CCCCCCCCCCC(C)CC)COP(=O)(O)OC[C@H](O)COP(=O)(O)OC[C@@H](COC(=O)CCCCCCCCCCCCC(C)C)OC(=O)CCCCCCCCCCCCCCCCCCC(C)C. The van der Waals surface area contributed by atoms with Crippen molar-refractivity contribution in [2.75, 3.05) is 39.6 Å². The fourth-order valence-corrected chi connectivity index (χ4v) is 13.5. The molecule has 0 saturated carbocycles. The van der Waals surface area contributed by atoms with Crippen molar-refractivity contribution in [3.05, 3.63) is 0 Å². The van der Waals surface area contributed by atoms with Crippen LogP contribution in [0.1, 0.15) is 402 Å². The molecule has 6 atom stereocenters. The minimum atomic E-state index is -4.96. The molecule has 0 fully saturated rings. The molecule has 17 nitrogen and oxygen atoms in total. The summed E-state index contributed by atoms with van der Waals surface area (Å²) >= 11 is 0. The Labute approximate surface area is 594 Å². The van der Waals surface area contributed by atoms with Gasteiger partial charge in [-0.05, 0) is 43.4 Å².